The van der Waals surface area contributed by atoms with E-state index in [1.165, 1.54) is 0 Å². The Balaban J connectivity index is 2.43. The number of hydrogen-bond acceptors (Lipinski definition) is 1. The van der Waals surface area contributed by atoms with E-state index in [0.29, 0.717) is 18.0 Å². The van der Waals surface area contributed by atoms with Crippen LogP contribution in [0.15, 0.2) is 0 Å². The highest BCUT2D eigenvalue weighted by Crippen LogP contribution is 2.29. The van der Waals surface area contributed by atoms with Gasteiger partial charge >= 0.3 is 0 Å². The van der Waals surface area contributed by atoms with Crippen molar-refractivity contribution in [1.29, 1.82) is 0 Å². The number of alkyl halides is 1. The van der Waals surface area contributed by atoms with E-state index in [9.17, 15) is 4.39 Å². The molecule has 0 aromatic rings. The number of nitrogens with zero attached hydrogens (tertiary/aromatic N) is 1. The van der Waals surface area contributed by atoms with Gasteiger partial charge in [-0.1, -0.05) is 20.8 Å². The summed E-state index contributed by atoms with van der Waals surface area (Å²) < 4.78 is 13.0. The van der Waals surface area contributed by atoms with E-state index in [0.717, 1.165) is 12.8 Å². The SMILES string of the molecule is CN1C[C@H](F)C[C@@H]1CC(C)(C)C. The topological polar surface area (TPSA) is 3.24 Å². The average Bonchev–Trinajstić information content (AvgIpc) is 2.06. The minimum Gasteiger partial charge on any atom is -0.300 e. The summed E-state index contributed by atoms with van der Waals surface area (Å²) in [4.78, 5) is 2.15. The van der Waals surface area contributed by atoms with Crippen LogP contribution >= 0.6 is 0 Å². The van der Waals surface area contributed by atoms with Crippen LogP contribution in [0.4, 0.5) is 4.39 Å². The maximum absolute atomic E-state index is 13.0. The summed E-state index contributed by atoms with van der Waals surface area (Å²) in [5, 5.41) is 0. The Morgan fingerprint density at radius 2 is 2.00 bits per heavy atom. The van der Waals surface area contributed by atoms with E-state index in [1.807, 2.05) is 7.05 Å². The zero-order valence-electron chi connectivity index (χ0n) is 8.60. The van der Waals surface area contributed by atoms with Gasteiger partial charge < -0.3 is 4.90 Å². The first kappa shape index (κ1) is 9.97. The van der Waals surface area contributed by atoms with Crippen LogP contribution < -0.4 is 0 Å². The summed E-state index contributed by atoms with van der Waals surface area (Å²) in [6.07, 6.45) is 1.24. The van der Waals surface area contributed by atoms with Crippen molar-refractivity contribution in [2.75, 3.05) is 13.6 Å². The first-order valence-electron chi connectivity index (χ1n) is 4.73. The van der Waals surface area contributed by atoms with E-state index in [2.05, 4.69) is 25.7 Å². The average molecular weight is 173 g/mol. The molecule has 72 valence electrons. The molecule has 0 aliphatic carbocycles. The number of halogens is 1. The molecule has 1 rings (SSSR count). The molecule has 1 heterocycles. The van der Waals surface area contributed by atoms with Crippen molar-refractivity contribution in [3.63, 3.8) is 0 Å². The second-order valence-electron chi connectivity index (χ2n) is 5.19. The van der Waals surface area contributed by atoms with Crippen molar-refractivity contribution in [2.45, 2.75) is 45.8 Å². The molecule has 12 heavy (non-hydrogen) atoms. The smallest absolute Gasteiger partial charge is 0.114 e. The summed E-state index contributed by atoms with van der Waals surface area (Å²) >= 11 is 0. The Morgan fingerprint density at radius 1 is 1.42 bits per heavy atom. The lowest BCUT2D eigenvalue weighted by molar-refractivity contribution is 0.223. The molecule has 1 aliphatic rings. The molecule has 2 heteroatoms. The van der Waals surface area contributed by atoms with Crippen LogP contribution in [0.3, 0.4) is 0 Å². The number of likely N-dealkylation sites (tertiary alicyclic amines) is 1. The first-order chi connectivity index (χ1) is 5.38. The zero-order valence-corrected chi connectivity index (χ0v) is 8.60. The number of rotatable bonds is 1. The zero-order chi connectivity index (χ0) is 9.35. The monoisotopic (exact) mass is 173 g/mol. The fraction of sp³-hybridized carbons (Fsp3) is 1.00. The van der Waals surface area contributed by atoms with Crippen LogP contribution in [0, 0.1) is 5.41 Å². The number of hydrogen-bond donors (Lipinski definition) is 0. The molecule has 0 spiro atoms. The van der Waals surface area contributed by atoms with Crippen molar-refractivity contribution in [2.24, 2.45) is 5.41 Å². The second kappa shape index (κ2) is 3.33. The van der Waals surface area contributed by atoms with Gasteiger partial charge in [-0.2, -0.15) is 0 Å². The highest BCUT2D eigenvalue weighted by atomic mass is 19.1. The summed E-state index contributed by atoms with van der Waals surface area (Å²) in [5.41, 5.74) is 0.322. The van der Waals surface area contributed by atoms with Crippen LogP contribution in [0.25, 0.3) is 0 Å². The highest BCUT2D eigenvalue weighted by molar-refractivity contribution is 4.85. The third kappa shape index (κ3) is 2.74. The normalized spacial score (nSPS) is 32.8. The quantitative estimate of drug-likeness (QED) is 0.589. The predicted molar refractivity (Wildman–Crippen MR) is 50.0 cm³/mol. The van der Waals surface area contributed by atoms with Gasteiger partial charge in [0, 0.05) is 12.6 Å². The maximum atomic E-state index is 13.0. The standard InChI is InChI=1S/C10H20FN/c1-10(2,3)6-9-5-8(11)7-12(9)4/h8-9H,5-7H2,1-4H3/t8-,9-/m1/s1. The Bertz CT molecular complexity index is 150. The van der Waals surface area contributed by atoms with Gasteiger partial charge in [0.15, 0.2) is 0 Å². The molecule has 0 bridgehead atoms. The van der Waals surface area contributed by atoms with Crippen molar-refractivity contribution in [3.8, 4) is 0 Å². The highest BCUT2D eigenvalue weighted by Gasteiger charge is 2.31. The summed E-state index contributed by atoms with van der Waals surface area (Å²) in [7, 11) is 2.02. The summed E-state index contributed by atoms with van der Waals surface area (Å²) in [6.45, 7) is 7.27. The van der Waals surface area contributed by atoms with Gasteiger partial charge in [0.2, 0.25) is 0 Å². The van der Waals surface area contributed by atoms with Gasteiger partial charge in [0.05, 0.1) is 0 Å². The van der Waals surface area contributed by atoms with Gasteiger partial charge in [-0.25, -0.2) is 4.39 Å². The third-order valence-corrected chi connectivity index (χ3v) is 2.49. The lowest BCUT2D eigenvalue weighted by atomic mass is 9.87. The Labute approximate surface area is 74.9 Å². The van der Waals surface area contributed by atoms with E-state index < -0.39 is 6.17 Å². The molecule has 0 amide bonds. The fourth-order valence-electron chi connectivity index (χ4n) is 1.96. The van der Waals surface area contributed by atoms with Gasteiger partial charge in [-0.15, -0.1) is 0 Å². The molecule has 0 saturated carbocycles. The minimum atomic E-state index is -0.595. The van der Waals surface area contributed by atoms with Crippen molar-refractivity contribution < 1.29 is 4.39 Å². The largest absolute Gasteiger partial charge is 0.300 e. The molecule has 1 saturated heterocycles. The van der Waals surface area contributed by atoms with Crippen LogP contribution in [-0.2, 0) is 0 Å². The maximum Gasteiger partial charge on any atom is 0.114 e. The van der Waals surface area contributed by atoms with E-state index in [4.69, 9.17) is 0 Å². The molecule has 0 N–H and O–H groups in total. The lowest BCUT2D eigenvalue weighted by Crippen LogP contribution is -2.29. The molecule has 1 nitrogen and oxygen atoms in total. The molecule has 1 aliphatic heterocycles. The molecule has 2 atom stereocenters. The Kier molecular flexibility index (Phi) is 2.77. The Morgan fingerprint density at radius 3 is 2.33 bits per heavy atom. The van der Waals surface area contributed by atoms with Gasteiger partial charge in [-0.3, -0.25) is 0 Å². The molecular weight excluding hydrogens is 153 g/mol. The minimum absolute atomic E-state index is 0.322. The second-order valence-corrected chi connectivity index (χ2v) is 5.19. The Hall–Kier alpha value is -0.110. The van der Waals surface area contributed by atoms with E-state index in [1.54, 1.807) is 0 Å². The van der Waals surface area contributed by atoms with Crippen LogP contribution in [-0.4, -0.2) is 30.7 Å². The van der Waals surface area contributed by atoms with Crippen LogP contribution in [0.1, 0.15) is 33.6 Å². The predicted octanol–water partition coefficient (Wildman–Crippen LogP) is 2.46. The molecule has 0 aromatic carbocycles. The third-order valence-electron chi connectivity index (χ3n) is 2.49. The van der Waals surface area contributed by atoms with Crippen LogP contribution in [0.2, 0.25) is 0 Å². The van der Waals surface area contributed by atoms with Gasteiger partial charge in [0.1, 0.15) is 6.17 Å². The van der Waals surface area contributed by atoms with Gasteiger partial charge in [0.25, 0.3) is 0 Å². The molecule has 1 fully saturated rings. The van der Waals surface area contributed by atoms with Crippen LogP contribution in [0.5, 0.6) is 0 Å². The van der Waals surface area contributed by atoms with Crippen molar-refractivity contribution in [3.05, 3.63) is 0 Å². The molecular formula is C10H20FN. The fourth-order valence-corrected chi connectivity index (χ4v) is 1.96. The summed E-state index contributed by atoms with van der Waals surface area (Å²) in [5.74, 6) is 0. The molecule has 0 unspecified atom stereocenters. The molecule has 0 aromatic heterocycles. The van der Waals surface area contributed by atoms with Gasteiger partial charge in [-0.05, 0) is 25.3 Å². The summed E-state index contributed by atoms with van der Waals surface area (Å²) in [6, 6.07) is 0.458. The van der Waals surface area contributed by atoms with E-state index in [-0.39, 0.29) is 0 Å². The first-order valence-corrected chi connectivity index (χ1v) is 4.73. The van der Waals surface area contributed by atoms with Crippen molar-refractivity contribution in [1.82, 2.24) is 4.90 Å². The lowest BCUT2D eigenvalue weighted by Gasteiger charge is -2.27. The van der Waals surface area contributed by atoms with Crippen molar-refractivity contribution >= 4 is 0 Å². The molecule has 0 radical (unpaired) electrons. The van der Waals surface area contributed by atoms with E-state index >= 15 is 0 Å².